The van der Waals surface area contributed by atoms with Crippen LogP contribution in [0.2, 0.25) is 0 Å². The van der Waals surface area contributed by atoms with E-state index in [9.17, 15) is 14.7 Å². The van der Waals surface area contributed by atoms with E-state index in [-0.39, 0.29) is 17.2 Å². The molecule has 2 atom stereocenters. The number of carbonyl (C=O) groups excluding carboxylic acids is 2. The molecule has 6 rings (SSSR count). The maximum Gasteiger partial charge on any atom is 0.271 e. The van der Waals surface area contributed by atoms with Crippen molar-refractivity contribution in [3.8, 4) is 5.75 Å². The van der Waals surface area contributed by atoms with Crippen LogP contribution in [0, 0.1) is 0 Å². The molecule has 176 valence electrons. The van der Waals surface area contributed by atoms with Crippen molar-refractivity contribution in [1.82, 2.24) is 10.3 Å². The number of ether oxygens (including phenoxy) is 1. The van der Waals surface area contributed by atoms with Crippen LogP contribution < -0.4 is 15.8 Å². The van der Waals surface area contributed by atoms with E-state index in [1.807, 2.05) is 50.2 Å². The third kappa shape index (κ3) is 2.73. The Bertz CT molecular complexity index is 1500. The standard InChI is InChI=1S/C28H25N3O4/c1-15(2)17-10-11-19-22(14-17)35-28(34)20-8-5-9-21(29)23(20)25(32)27(19,28)31-26(33)24-18-7-4-3-6-16(18)12-13-30-24/h3-4,6-8,10-15,34H,5,9,29H2,1-2H3,(H,31,33). The Morgan fingerprint density at radius 3 is 2.80 bits per heavy atom. The summed E-state index contributed by atoms with van der Waals surface area (Å²) in [7, 11) is 0. The third-order valence-corrected chi connectivity index (χ3v) is 7.32. The summed E-state index contributed by atoms with van der Waals surface area (Å²) in [4.78, 5) is 32.2. The summed E-state index contributed by atoms with van der Waals surface area (Å²) in [6.45, 7) is 4.10. The van der Waals surface area contributed by atoms with Crippen LogP contribution in [0.1, 0.15) is 54.2 Å². The molecule has 4 N–H and O–H groups in total. The van der Waals surface area contributed by atoms with Crippen LogP contribution in [0.15, 0.2) is 77.6 Å². The van der Waals surface area contributed by atoms with Gasteiger partial charge in [-0.05, 0) is 41.8 Å². The highest BCUT2D eigenvalue weighted by molar-refractivity contribution is 6.17. The molecule has 0 bridgehead atoms. The normalized spacial score (nSPS) is 24.7. The Hall–Kier alpha value is -3.97. The predicted octanol–water partition coefficient (Wildman–Crippen LogP) is 3.58. The highest BCUT2D eigenvalue weighted by Crippen LogP contribution is 2.59. The number of allylic oxidation sites excluding steroid dienone is 2. The maximum atomic E-state index is 14.1. The topological polar surface area (TPSA) is 115 Å². The van der Waals surface area contributed by atoms with Crippen molar-refractivity contribution in [2.45, 2.75) is 43.9 Å². The monoisotopic (exact) mass is 467 g/mol. The minimum Gasteiger partial charge on any atom is -0.454 e. The number of fused-ring (bicyclic) bond motifs is 6. The van der Waals surface area contributed by atoms with Gasteiger partial charge in [0.25, 0.3) is 11.7 Å². The second-order valence-electron chi connectivity index (χ2n) is 9.63. The molecule has 7 nitrogen and oxygen atoms in total. The lowest BCUT2D eigenvalue weighted by Gasteiger charge is -2.34. The second kappa shape index (κ2) is 7.26. The first-order valence-electron chi connectivity index (χ1n) is 11.7. The van der Waals surface area contributed by atoms with E-state index < -0.39 is 23.0 Å². The van der Waals surface area contributed by atoms with Gasteiger partial charge in [0, 0.05) is 34.0 Å². The summed E-state index contributed by atoms with van der Waals surface area (Å²) < 4.78 is 6.17. The van der Waals surface area contributed by atoms with E-state index in [1.54, 1.807) is 24.4 Å². The average molecular weight is 468 g/mol. The lowest BCUT2D eigenvalue weighted by atomic mass is 9.82. The number of aromatic nitrogens is 1. The van der Waals surface area contributed by atoms with Gasteiger partial charge < -0.3 is 20.9 Å². The zero-order valence-corrected chi connectivity index (χ0v) is 19.5. The van der Waals surface area contributed by atoms with E-state index in [2.05, 4.69) is 10.3 Å². The number of ketones is 1. The Balaban J connectivity index is 1.57. The van der Waals surface area contributed by atoms with Gasteiger partial charge in [0.15, 0.2) is 0 Å². The van der Waals surface area contributed by atoms with Crippen molar-refractivity contribution in [1.29, 1.82) is 0 Å². The first-order chi connectivity index (χ1) is 16.8. The van der Waals surface area contributed by atoms with Gasteiger partial charge in [-0.2, -0.15) is 0 Å². The number of aliphatic hydroxyl groups is 1. The van der Waals surface area contributed by atoms with Crippen molar-refractivity contribution in [2.75, 3.05) is 0 Å². The van der Waals surface area contributed by atoms with Crippen LogP contribution in [-0.4, -0.2) is 27.6 Å². The molecule has 0 saturated heterocycles. The largest absolute Gasteiger partial charge is 0.454 e. The minimum atomic E-state index is -2.12. The first-order valence-corrected chi connectivity index (χ1v) is 11.7. The summed E-state index contributed by atoms with van der Waals surface area (Å²) in [5.74, 6) is -2.62. The lowest BCUT2D eigenvalue weighted by molar-refractivity contribution is -0.152. The van der Waals surface area contributed by atoms with Crippen molar-refractivity contribution in [3.63, 3.8) is 0 Å². The number of hydrogen-bond donors (Lipinski definition) is 3. The number of amides is 1. The lowest BCUT2D eigenvalue weighted by Crippen LogP contribution is -2.62. The van der Waals surface area contributed by atoms with Gasteiger partial charge in [0.2, 0.25) is 11.3 Å². The molecule has 2 unspecified atom stereocenters. The third-order valence-electron chi connectivity index (χ3n) is 7.32. The predicted molar refractivity (Wildman–Crippen MR) is 131 cm³/mol. The molecule has 0 spiro atoms. The summed E-state index contributed by atoms with van der Waals surface area (Å²) in [6, 6.07) is 14.7. The summed E-state index contributed by atoms with van der Waals surface area (Å²) >= 11 is 0. The van der Waals surface area contributed by atoms with Gasteiger partial charge in [0.1, 0.15) is 11.4 Å². The molecule has 7 heteroatoms. The van der Waals surface area contributed by atoms with Gasteiger partial charge in [-0.25, -0.2) is 0 Å². The summed E-state index contributed by atoms with van der Waals surface area (Å²) in [6.07, 6.45) is 4.39. The van der Waals surface area contributed by atoms with Crippen LogP contribution in [0.25, 0.3) is 10.8 Å². The number of rotatable bonds is 3. The second-order valence-corrected chi connectivity index (χ2v) is 9.63. The fraction of sp³-hybridized carbons (Fsp3) is 0.250. The van der Waals surface area contributed by atoms with Gasteiger partial charge in [0.05, 0.1) is 0 Å². The van der Waals surface area contributed by atoms with Crippen molar-refractivity contribution >= 4 is 22.5 Å². The molecular formula is C28H25N3O4. The van der Waals surface area contributed by atoms with Crippen molar-refractivity contribution in [3.05, 3.63) is 94.5 Å². The number of pyridine rings is 1. The van der Waals surface area contributed by atoms with E-state index in [0.29, 0.717) is 40.8 Å². The Kier molecular flexibility index (Phi) is 4.47. The molecule has 2 heterocycles. The molecule has 1 amide bonds. The molecule has 1 fully saturated rings. The average Bonchev–Trinajstić information content (AvgIpc) is 3.21. The van der Waals surface area contributed by atoms with E-state index in [4.69, 9.17) is 10.5 Å². The Morgan fingerprint density at radius 2 is 2.00 bits per heavy atom. The zero-order valence-electron chi connectivity index (χ0n) is 19.5. The van der Waals surface area contributed by atoms with Crippen LogP contribution in [0.5, 0.6) is 5.75 Å². The number of carbonyl (C=O) groups is 2. The number of nitrogens with one attached hydrogen (secondary N) is 1. The molecule has 0 radical (unpaired) electrons. The number of Topliss-reactive ketones (excluding diaryl/α,β-unsaturated/α-hetero) is 1. The molecule has 3 aliphatic rings. The minimum absolute atomic E-state index is 0.158. The quantitative estimate of drug-likeness (QED) is 0.543. The smallest absolute Gasteiger partial charge is 0.271 e. The number of nitrogens with two attached hydrogens (primary N) is 1. The molecular weight excluding hydrogens is 442 g/mol. The van der Waals surface area contributed by atoms with Gasteiger partial charge in [-0.15, -0.1) is 0 Å². The van der Waals surface area contributed by atoms with Crippen molar-refractivity contribution in [2.24, 2.45) is 5.73 Å². The summed E-state index contributed by atoms with van der Waals surface area (Å²) in [5.41, 5.74) is 6.84. The molecule has 2 aliphatic carbocycles. The Morgan fingerprint density at radius 1 is 1.20 bits per heavy atom. The molecule has 2 aromatic carbocycles. The van der Waals surface area contributed by atoms with Crippen LogP contribution in [0.4, 0.5) is 0 Å². The maximum absolute atomic E-state index is 14.1. The van der Waals surface area contributed by atoms with Gasteiger partial charge >= 0.3 is 0 Å². The van der Waals surface area contributed by atoms with Gasteiger partial charge in [-0.3, -0.25) is 14.6 Å². The number of benzene rings is 2. The zero-order chi connectivity index (χ0) is 24.5. The fourth-order valence-electron chi connectivity index (χ4n) is 5.52. The van der Waals surface area contributed by atoms with Crippen LogP contribution in [0.3, 0.4) is 0 Å². The SMILES string of the molecule is CC(C)c1ccc2c(c1)OC1(O)C3=CCCC(N)=C3C(=O)C21NC(=O)c1nccc2ccccc12. The number of hydrogen-bond acceptors (Lipinski definition) is 6. The van der Waals surface area contributed by atoms with Gasteiger partial charge in [-0.1, -0.05) is 56.3 Å². The van der Waals surface area contributed by atoms with Crippen molar-refractivity contribution < 1.29 is 19.4 Å². The van der Waals surface area contributed by atoms with Crippen LogP contribution in [-0.2, 0) is 10.3 Å². The Labute approximate surface area is 202 Å². The number of nitrogens with zero attached hydrogens (tertiary/aromatic N) is 1. The molecule has 1 saturated carbocycles. The van der Waals surface area contributed by atoms with E-state index in [0.717, 1.165) is 10.9 Å². The molecule has 3 aromatic rings. The highest BCUT2D eigenvalue weighted by Gasteiger charge is 2.74. The van der Waals surface area contributed by atoms with Crippen LogP contribution >= 0.6 is 0 Å². The summed E-state index contributed by atoms with van der Waals surface area (Å²) in [5, 5.41) is 16.4. The molecule has 1 aromatic heterocycles. The highest BCUT2D eigenvalue weighted by atomic mass is 16.6. The molecule has 1 aliphatic heterocycles. The first kappa shape index (κ1) is 21.6. The van der Waals surface area contributed by atoms with E-state index >= 15 is 0 Å². The fourth-order valence-corrected chi connectivity index (χ4v) is 5.52. The molecule has 35 heavy (non-hydrogen) atoms. The van der Waals surface area contributed by atoms with E-state index in [1.165, 1.54) is 0 Å².